The predicted octanol–water partition coefficient (Wildman–Crippen LogP) is 1.74. The van der Waals surface area contributed by atoms with Crippen molar-refractivity contribution >= 4 is 16.9 Å². The second-order valence-electron chi connectivity index (χ2n) is 4.69. The maximum absolute atomic E-state index is 5.58. The Morgan fingerprint density at radius 3 is 3.00 bits per heavy atom. The minimum atomic E-state index is 0.589. The van der Waals surface area contributed by atoms with Crippen molar-refractivity contribution in [2.24, 2.45) is 0 Å². The van der Waals surface area contributed by atoms with Crippen LogP contribution in [-0.4, -0.2) is 33.4 Å². The molecule has 106 valence electrons. The maximum atomic E-state index is 5.58. The summed E-state index contributed by atoms with van der Waals surface area (Å²) in [5, 5.41) is 11.0. The minimum Gasteiger partial charge on any atom is -0.486 e. The van der Waals surface area contributed by atoms with E-state index in [0.29, 0.717) is 19.8 Å². The molecule has 0 amide bonds. The number of aromatic nitrogens is 4. The van der Waals surface area contributed by atoms with Gasteiger partial charge in [0.2, 0.25) is 0 Å². The van der Waals surface area contributed by atoms with E-state index in [1.165, 1.54) is 6.33 Å². The first-order valence-corrected chi connectivity index (χ1v) is 6.66. The second-order valence-corrected chi connectivity index (χ2v) is 4.69. The van der Waals surface area contributed by atoms with Gasteiger partial charge in [-0.15, -0.1) is 0 Å². The molecule has 7 heteroatoms. The zero-order chi connectivity index (χ0) is 14.1. The van der Waals surface area contributed by atoms with Gasteiger partial charge in [-0.3, -0.25) is 5.10 Å². The number of anilines is 1. The van der Waals surface area contributed by atoms with Crippen LogP contribution >= 0.6 is 0 Å². The molecule has 1 aliphatic heterocycles. The lowest BCUT2D eigenvalue weighted by Crippen LogP contribution is -2.15. The van der Waals surface area contributed by atoms with E-state index in [1.807, 2.05) is 18.2 Å². The molecule has 21 heavy (non-hydrogen) atoms. The number of ether oxygens (including phenoxy) is 2. The van der Waals surface area contributed by atoms with Gasteiger partial charge in [-0.25, -0.2) is 9.97 Å². The molecule has 0 radical (unpaired) electrons. The van der Waals surface area contributed by atoms with E-state index in [0.717, 1.165) is 33.9 Å². The monoisotopic (exact) mass is 283 g/mol. The molecule has 7 nitrogen and oxygen atoms in total. The van der Waals surface area contributed by atoms with Crippen LogP contribution < -0.4 is 14.8 Å². The molecule has 0 aliphatic carbocycles. The van der Waals surface area contributed by atoms with Gasteiger partial charge in [0.25, 0.3) is 0 Å². The topological polar surface area (TPSA) is 85.0 Å². The summed E-state index contributed by atoms with van der Waals surface area (Å²) in [7, 11) is 0. The molecule has 0 saturated carbocycles. The number of aromatic amines is 1. The molecular formula is C14H13N5O2. The quantitative estimate of drug-likeness (QED) is 0.761. The molecule has 3 heterocycles. The first kappa shape index (κ1) is 12.0. The molecule has 0 bridgehead atoms. The summed E-state index contributed by atoms with van der Waals surface area (Å²) < 4.78 is 11.1. The predicted molar refractivity (Wildman–Crippen MR) is 76.4 cm³/mol. The van der Waals surface area contributed by atoms with Crippen molar-refractivity contribution in [1.82, 2.24) is 20.2 Å². The number of fused-ring (bicyclic) bond motifs is 2. The van der Waals surface area contributed by atoms with E-state index < -0.39 is 0 Å². The van der Waals surface area contributed by atoms with Crippen LogP contribution in [-0.2, 0) is 6.54 Å². The first-order valence-electron chi connectivity index (χ1n) is 6.66. The van der Waals surface area contributed by atoms with Gasteiger partial charge in [-0.2, -0.15) is 5.10 Å². The van der Waals surface area contributed by atoms with Crippen molar-refractivity contribution in [1.29, 1.82) is 0 Å². The first-order chi connectivity index (χ1) is 10.4. The Kier molecular flexibility index (Phi) is 2.81. The Bertz CT molecular complexity index is 786. The van der Waals surface area contributed by atoms with Crippen LogP contribution in [0.2, 0.25) is 0 Å². The minimum absolute atomic E-state index is 0.589. The molecule has 1 aliphatic rings. The van der Waals surface area contributed by atoms with Gasteiger partial charge in [0.05, 0.1) is 11.6 Å². The number of rotatable bonds is 3. The van der Waals surface area contributed by atoms with E-state index in [2.05, 4.69) is 25.5 Å². The largest absolute Gasteiger partial charge is 0.486 e. The van der Waals surface area contributed by atoms with Crippen molar-refractivity contribution < 1.29 is 9.47 Å². The van der Waals surface area contributed by atoms with E-state index in [9.17, 15) is 0 Å². The maximum Gasteiger partial charge on any atom is 0.161 e. The summed E-state index contributed by atoms with van der Waals surface area (Å²) in [4.78, 5) is 8.35. The van der Waals surface area contributed by atoms with Crippen molar-refractivity contribution in [3.63, 3.8) is 0 Å². The summed E-state index contributed by atoms with van der Waals surface area (Å²) in [6, 6.07) is 5.92. The lowest BCUT2D eigenvalue weighted by Gasteiger charge is -2.19. The highest BCUT2D eigenvalue weighted by Gasteiger charge is 2.12. The van der Waals surface area contributed by atoms with Crippen LogP contribution in [0.4, 0.5) is 5.82 Å². The third kappa shape index (κ3) is 2.22. The van der Waals surface area contributed by atoms with Gasteiger partial charge in [0, 0.05) is 6.54 Å². The van der Waals surface area contributed by atoms with Crippen LogP contribution in [0.1, 0.15) is 5.56 Å². The Labute approximate surface area is 120 Å². The van der Waals surface area contributed by atoms with Gasteiger partial charge < -0.3 is 14.8 Å². The fourth-order valence-corrected chi connectivity index (χ4v) is 2.29. The number of nitrogens with zero attached hydrogens (tertiary/aromatic N) is 3. The Balaban J connectivity index is 1.55. The molecular weight excluding hydrogens is 270 g/mol. The van der Waals surface area contributed by atoms with Crippen LogP contribution in [0, 0.1) is 0 Å². The number of nitrogens with one attached hydrogen (secondary N) is 2. The molecule has 1 aromatic carbocycles. The fraction of sp³-hybridized carbons (Fsp3) is 0.214. The van der Waals surface area contributed by atoms with Gasteiger partial charge in [-0.05, 0) is 17.7 Å². The van der Waals surface area contributed by atoms with E-state index >= 15 is 0 Å². The Morgan fingerprint density at radius 2 is 2.05 bits per heavy atom. The van der Waals surface area contributed by atoms with E-state index in [4.69, 9.17) is 9.47 Å². The van der Waals surface area contributed by atoms with Gasteiger partial charge in [-0.1, -0.05) is 6.07 Å². The molecule has 4 rings (SSSR count). The Hall–Kier alpha value is -2.83. The van der Waals surface area contributed by atoms with E-state index in [-0.39, 0.29) is 0 Å². The summed E-state index contributed by atoms with van der Waals surface area (Å²) in [5.41, 5.74) is 1.81. The fourth-order valence-electron chi connectivity index (χ4n) is 2.29. The molecule has 2 N–H and O–H groups in total. The highest BCUT2D eigenvalue weighted by molar-refractivity contribution is 5.85. The van der Waals surface area contributed by atoms with Gasteiger partial charge in [0.15, 0.2) is 17.1 Å². The second kappa shape index (κ2) is 4.93. The van der Waals surface area contributed by atoms with Crippen LogP contribution in [0.15, 0.2) is 30.7 Å². The smallest absolute Gasteiger partial charge is 0.161 e. The van der Waals surface area contributed by atoms with Crippen LogP contribution in [0.5, 0.6) is 11.5 Å². The molecule has 0 fully saturated rings. The number of hydrogen-bond acceptors (Lipinski definition) is 6. The lowest BCUT2D eigenvalue weighted by atomic mass is 10.2. The lowest BCUT2D eigenvalue weighted by molar-refractivity contribution is 0.171. The highest BCUT2D eigenvalue weighted by Crippen LogP contribution is 2.31. The van der Waals surface area contributed by atoms with Crippen LogP contribution in [0.25, 0.3) is 11.0 Å². The van der Waals surface area contributed by atoms with E-state index in [1.54, 1.807) is 6.20 Å². The summed E-state index contributed by atoms with van der Waals surface area (Å²) >= 11 is 0. The third-order valence-electron chi connectivity index (χ3n) is 3.31. The zero-order valence-electron chi connectivity index (χ0n) is 11.2. The molecule has 0 atom stereocenters. The average molecular weight is 283 g/mol. The summed E-state index contributed by atoms with van der Waals surface area (Å²) in [5.74, 6) is 2.34. The number of hydrogen-bond donors (Lipinski definition) is 2. The molecule has 0 spiro atoms. The van der Waals surface area contributed by atoms with Crippen molar-refractivity contribution in [2.45, 2.75) is 6.54 Å². The Morgan fingerprint density at radius 1 is 1.14 bits per heavy atom. The average Bonchev–Trinajstić information content (AvgIpc) is 3.02. The highest BCUT2D eigenvalue weighted by atomic mass is 16.6. The summed E-state index contributed by atoms with van der Waals surface area (Å²) in [6.45, 7) is 1.82. The summed E-state index contributed by atoms with van der Waals surface area (Å²) in [6.07, 6.45) is 3.22. The molecule has 3 aromatic rings. The normalized spacial score (nSPS) is 13.3. The zero-order valence-corrected chi connectivity index (χ0v) is 11.2. The van der Waals surface area contributed by atoms with Crippen molar-refractivity contribution in [2.75, 3.05) is 18.5 Å². The molecule has 2 aromatic heterocycles. The molecule has 0 unspecified atom stereocenters. The van der Waals surface area contributed by atoms with Crippen LogP contribution in [0.3, 0.4) is 0 Å². The number of benzene rings is 1. The standard InChI is InChI=1S/C14H13N5O2/c1-2-11-12(21-4-3-20-11)5-9(1)6-15-13-10-7-18-19-14(10)17-8-16-13/h1-2,5,7-8H,3-4,6H2,(H2,15,16,17,18,19). The number of H-pyrrole nitrogens is 1. The SMILES string of the molecule is c1nc(NCc2ccc3c(c2)OCCO3)c2cn[nH]c2n1. The van der Waals surface area contributed by atoms with Gasteiger partial charge >= 0.3 is 0 Å². The van der Waals surface area contributed by atoms with Gasteiger partial charge in [0.1, 0.15) is 25.4 Å². The third-order valence-corrected chi connectivity index (χ3v) is 3.31. The van der Waals surface area contributed by atoms with Crippen molar-refractivity contribution in [3.8, 4) is 11.5 Å². The van der Waals surface area contributed by atoms with Crippen molar-refractivity contribution in [3.05, 3.63) is 36.3 Å². The molecule has 0 saturated heterocycles.